The van der Waals surface area contributed by atoms with Crippen LogP contribution in [0, 0.1) is 6.92 Å². The van der Waals surface area contributed by atoms with Gasteiger partial charge in [0, 0.05) is 31.1 Å². The molecule has 1 saturated heterocycles. The van der Waals surface area contributed by atoms with Gasteiger partial charge in [0.25, 0.3) is 11.8 Å². The molecular weight excluding hydrogens is 300 g/mol. The lowest BCUT2D eigenvalue weighted by atomic mass is 10.1. The number of aliphatic hydroxyl groups excluding tert-OH is 1. The highest BCUT2D eigenvalue weighted by molar-refractivity contribution is 7.14. The van der Waals surface area contributed by atoms with E-state index >= 15 is 0 Å². The smallest absolute Gasteiger partial charge is 0.264 e. The first-order valence-corrected chi connectivity index (χ1v) is 8.61. The second kappa shape index (κ2) is 7.24. The molecule has 2 amide bonds. The molecule has 22 heavy (non-hydrogen) atoms. The molecule has 1 aromatic heterocycles. The molecule has 1 fully saturated rings. The van der Waals surface area contributed by atoms with Gasteiger partial charge in [0.15, 0.2) is 0 Å². The normalized spacial score (nSPS) is 16.7. The van der Waals surface area contributed by atoms with Crippen LogP contribution < -0.4 is 0 Å². The molecule has 6 heteroatoms. The van der Waals surface area contributed by atoms with E-state index in [2.05, 4.69) is 13.8 Å². The van der Waals surface area contributed by atoms with Crippen LogP contribution in [0.5, 0.6) is 0 Å². The molecular formula is C16H24N2O3S. The van der Waals surface area contributed by atoms with E-state index in [1.54, 1.807) is 21.1 Å². The van der Waals surface area contributed by atoms with Crippen molar-refractivity contribution in [3.63, 3.8) is 0 Å². The summed E-state index contributed by atoms with van der Waals surface area (Å²) in [5, 5.41) is 9.34. The molecule has 2 heterocycles. The number of nitrogens with zero attached hydrogens (tertiary/aromatic N) is 2. The first kappa shape index (κ1) is 17.0. The van der Waals surface area contributed by atoms with E-state index in [0.717, 1.165) is 17.7 Å². The second-order valence-corrected chi connectivity index (χ2v) is 6.99. The van der Waals surface area contributed by atoms with E-state index in [0.29, 0.717) is 26.2 Å². The minimum atomic E-state index is -0.973. The summed E-state index contributed by atoms with van der Waals surface area (Å²) in [7, 11) is 0. The average Bonchev–Trinajstić information content (AvgIpc) is 2.87. The van der Waals surface area contributed by atoms with Gasteiger partial charge in [0.2, 0.25) is 0 Å². The van der Waals surface area contributed by atoms with E-state index in [9.17, 15) is 14.7 Å². The van der Waals surface area contributed by atoms with Crippen LogP contribution in [-0.4, -0.2) is 59.0 Å². The number of hydrogen-bond donors (Lipinski definition) is 1. The van der Waals surface area contributed by atoms with Crippen LogP contribution in [0.3, 0.4) is 0 Å². The first-order valence-electron chi connectivity index (χ1n) is 7.79. The molecule has 1 atom stereocenters. The third kappa shape index (κ3) is 3.67. The van der Waals surface area contributed by atoms with Crippen molar-refractivity contribution in [2.45, 2.75) is 39.7 Å². The maximum Gasteiger partial charge on any atom is 0.264 e. The summed E-state index contributed by atoms with van der Waals surface area (Å²) in [6.45, 7) is 7.70. The molecule has 0 radical (unpaired) electrons. The predicted molar refractivity (Wildman–Crippen MR) is 87.2 cm³/mol. The summed E-state index contributed by atoms with van der Waals surface area (Å²) < 4.78 is 0. The lowest BCUT2D eigenvalue weighted by Gasteiger charge is -2.35. The average molecular weight is 324 g/mol. The Hall–Kier alpha value is -1.40. The molecule has 0 aliphatic carbocycles. The molecule has 122 valence electrons. The molecule has 1 aromatic rings. The first-order chi connectivity index (χ1) is 10.4. The summed E-state index contributed by atoms with van der Waals surface area (Å²) in [5.74, 6) is -0.205. The summed E-state index contributed by atoms with van der Waals surface area (Å²) >= 11 is 1.56. The lowest BCUT2D eigenvalue weighted by molar-refractivity contribution is -0.140. The Morgan fingerprint density at radius 2 is 1.86 bits per heavy atom. The molecule has 1 unspecified atom stereocenters. The van der Waals surface area contributed by atoms with Crippen molar-refractivity contribution < 1.29 is 14.7 Å². The summed E-state index contributed by atoms with van der Waals surface area (Å²) in [5.41, 5.74) is 1.26. The quantitative estimate of drug-likeness (QED) is 0.916. The highest BCUT2D eigenvalue weighted by atomic mass is 32.1. The van der Waals surface area contributed by atoms with Crippen molar-refractivity contribution in [2.75, 3.05) is 26.2 Å². The Morgan fingerprint density at radius 3 is 2.41 bits per heavy atom. The molecule has 1 aliphatic rings. The third-order valence-corrected chi connectivity index (χ3v) is 5.07. The molecule has 2 rings (SSSR count). The molecule has 0 aromatic carbocycles. The number of thiophene rings is 1. The Labute approximate surface area is 135 Å². The Kier molecular flexibility index (Phi) is 5.58. The van der Waals surface area contributed by atoms with Crippen LogP contribution in [0.2, 0.25) is 0 Å². The Bertz CT molecular complexity index is 546. The molecule has 1 aliphatic heterocycles. The Morgan fingerprint density at radius 1 is 1.27 bits per heavy atom. The van der Waals surface area contributed by atoms with Gasteiger partial charge in [0.1, 0.15) is 6.10 Å². The monoisotopic (exact) mass is 324 g/mol. The van der Waals surface area contributed by atoms with Gasteiger partial charge >= 0.3 is 0 Å². The highest BCUT2D eigenvalue weighted by Crippen LogP contribution is 2.24. The van der Waals surface area contributed by atoms with Gasteiger partial charge in [0.05, 0.1) is 4.88 Å². The molecule has 0 spiro atoms. The van der Waals surface area contributed by atoms with Crippen molar-refractivity contribution in [3.05, 3.63) is 21.4 Å². The second-order valence-electron chi connectivity index (χ2n) is 5.74. The highest BCUT2D eigenvalue weighted by Gasteiger charge is 2.27. The maximum absolute atomic E-state index is 12.6. The van der Waals surface area contributed by atoms with Crippen LogP contribution >= 0.6 is 11.3 Å². The predicted octanol–water partition coefficient (Wildman–Crippen LogP) is 1.67. The number of hydrogen-bond acceptors (Lipinski definition) is 4. The number of aryl methyl sites for hydroxylation is 2. The standard InChI is InChI=1S/C16H24N2O3S/c1-4-5-13-10-14(22-12(13)3)16(21)18-8-6-17(7-9-18)15(20)11(2)19/h10-11,19H,4-9H2,1-3H3. The Balaban J connectivity index is 1.98. The van der Waals surface area contributed by atoms with Crippen LogP contribution in [0.25, 0.3) is 0 Å². The van der Waals surface area contributed by atoms with Crippen LogP contribution in [0.1, 0.15) is 40.4 Å². The topological polar surface area (TPSA) is 60.9 Å². The van der Waals surface area contributed by atoms with E-state index in [1.807, 2.05) is 6.07 Å². The number of piperazine rings is 1. The van der Waals surface area contributed by atoms with Gasteiger partial charge in [-0.25, -0.2) is 0 Å². The SMILES string of the molecule is CCCc1cc(C(=O)N2CCN(C(=O)C(C)O)CC2)sc1C. The summed E-state index contributed by atoms with van der Waals surface area (Å²) in [4.78, 5) is 29.7. The number of aliphatic hydroxyl groups is 1. The van der Waals surface area contributed by atoms with Crippen molar-refractivity contribution in [2.24, 2.45) is 0 Å². The van der Waals surface area contributed by atoms with Gasteiger partial charge in [-0.3, -0.25) is 9.59 Å². The van der Waals surface area contributed by atoms with Crippen molar-refractivity contribution in [3.8, 4) is 0 Å². The molecule has 0 bridgehead atoms. The summed E-state index contributed by atoms with van der Waals surface area (Å²) in [6, 6.07) is 2.01. The minimum absolute atomic E-state index is 0.0552. The molecule has 5 nitrogen and oxygen atoms in total. The summed E-state index contributed by atoms with van der Waals surface area (Å²) in [6.07, 6.45) is 1.11. The van der Waals surface area contributed by atoms with E-state index in [4.69, 9.17) is 0 Å². The zero-order valence-corrected chi connectivity index (χ0v) is 14.3. The largest absolute Gasteiger partial charge is 0.384 e. The van der Waals surface area contributed by atoms with E-state index in [1.165, 1.54) is 17.4 Å². The van der Waals surface area contributed by atoms with Gasteiger partial charge in [-0.15, -0.1) is 11.3 Å². The maximum atomic E-state index is 12.6. The zero-order valence-electron chi connectivity index (χ0n) is 13.5. The fraction of sp³-hybridized carbons (Fsp3) is 0.625. The number of amides is 2. The van der Waals surface area contributed by atoms with Gasteiger partial charge in [-0.1, -0.05) is 13.3 Å². The van der Waals surface area contributed by atoms with E-state index < -0.39 is 6.10 Å². The number of carbonyl (C=O) groups excluding carboxylic acids is 2. The molecule has 0 saturated carbocycles. The number of carbonyl (C=O) groups is 2. The van der Waals surface area contributed by atoms with Crippen LogP contribution in [0.4, 0.5) is 0 Å². The van der Waals surface area contributed by atoms with E-state index in [-0.39, 0.29) is 11.8 Å². The van der Waals surface area contributed by atoms with Crippen molar-refractivity contribution in [1.82, 2.24) is 9.80 Å². The van der Waals surface area contributed by atoms with Crippen LogP contribution in [0.15, 0.2) is 6.07 Å². The molecule has 1 N–H and O–H groups in total. The third-order valence-electron chi connectivity index (χ3n) is 3.99. The lowest BCUT2D eigenvalue weighted by Crippen LogP contribution is -2.52. The minimum Gasteiger partial charge on any atom is -0.384 e. The van der Waals surface area contributed by atoms with Gasteiger partial charge in [-0.2, -0.15) is 0 Å². The fourth-order valence-electron chi connectivity index (χ4n) is 2.69. The fourth-order valence-corrected chi connectivity index (χ4v) is 3.73. The zero-order chi connectivity index (χ0) is 16.3. The van der Waals surface area contributed by atoms with Gasteiger partial charge in [-0.05, 0) is 31.9 Å². The van der Waals surface area contributed by atoms with Crippen molar-refractivity contribution >= 4 is 23.2 Å². The van der Waals surface area contributed by atoms with Crippen LogP contribution in [-0.2, 0) is 11.2 Å². The van der Waals surface area contributed by atoms with Crippen molar-refractivity contribution in [1.29, 1.82) is 0 Å². The number of rotatable bonds is 4. The van der Waals surface area contributed by atoms with Gasteiger partial charge < -0.3 is 14.9 Å².